The maximum atomic E-state index is 13.0. The molecular weight excluding hydrogens is 374 g/mol. The molecular formula is C22H24ClN3O2. The monoisotopic (exact) mass is 397 g/mol. The number of piperidine rings is 1. The quantitative estimate of drug-likeness (QED) is 0.786. The van der Waals surface area contributed by atoms with E-state index in [2.05, 4.69) is 10.2 Å². The average molecular weight is 398 g/mol. The molecule has 2 heterocycles. The fourth-order valence-corrected chi connectivity index (χ4v) is 4.17. The van der Waals surface area contributed by atoms with Crippen LogP contribution < -0.4 is 5.32 Å². The lowest BCUT2D eigenvalue weighted by molar-refractivity contribution is -0.133. The van der Waals surface area contributed by atoms with Gasteiger partial charge in [0.2, 0.25) is 0 Å². The van der Waals surface area contributed by atoms with Gasteiger partial charge in [-0.05, 0) is 42.5 Å². The van der Waals surface area contributed by atoms with Gasteiger partial charge >= 0.3 is 6.03 Å². The average Bonchev–Trinajstić information content (AvgIpc) is 2.94. The van der Waals surface area contributed by atoms with E-state index in [-0.39, 0.29) is 11.9 Å². The van der Waals surface area contributed by atoms with E-state index in [4.69, 9.17) is 11.6 Å². The second kappa shape index (κ2) is 7.94. The molecule has 0 unspecified atom stereocenters. The molecule has 4 rings (SSSR count). The Bertz CT molecular complexity index is 846. The first-order valence-electron chi connectivity index (χ1n) is 9.71. The number of halogens is 1. The number of nitrogens with zero attached hydrogens (tertiary/aromatic N) is 2. The third kappa shape index (κ3) is 3.91. The van der Waals surface area contributed by atoms with Crippen LogP contribution in [-0.4, -0.2) is 46.9 Å². The molecule has 1 spiro atoms. The van der Waals surface area contributed by atoms with Crippen molar-refractivity contribution in [2.45, 2.75) is 31.3 Å². The fraction of sp³-hybridized carbons (Fsp3) is 0.364. The number of benzene rings is 2. The van der Waals surface area contributed by atoms with Gasteiger partial charge in [0, 0.05) is 31.2 Å². The minimum atomic E-state index is -0.732. The first-order valence-corrected chi connectivity index (χ1v) is 10.1. The first-order chi connectivity index (χ1) is 13.6. The highest BCUT2D eigenvalue weighted by molar-refractivity contribution is 6.30. The Balaban J connectivity index is 1.35. The van der Waals surface area contributed by atoms with E-state index in [0.29, 0.717) is 25.8 Å². The summed E-state index contributed by atoms with van der Waals surface area (Å²) in [7, 11) is 0. The number of nitrogens with one attached hydrogen (secondary N) is 1. The third-order valence-electron chi connectivity index (χ3n) is 5.74. The normalized spacial score (nSPS) is 19.2. The number of likely N-dealkylation sites (tertiary alicyclic amines) is 1. The van der Waals surface area contributed by atoms with Crippen molar-refractivity contribution in [3.63, 3.8) is 0 Å². The van der Waals surface area contributed by atoms with Crippen LogP contribution in [0.25, 0.3) is 0 Å². The first kappa shape index (κ1) is 19.0. The topological polar surface area (TPSA) is 52.7 Å². The van der Waals surface area contributed by atoms with Crippen LogP contribution >= 0.6 is 11.6 Å². The van der Waals surface area contributed by atoms with Crippen molar-refractivity contribution >= 4 is 23.5 Å². The van der Waals surface area contributed by atoms with Crippen molar-refractivity contribution < 1.29 is 9.59 Å². The van der Waals surface area contributed by atoms with Crippen LogP contribution in [0, 0.1) is 0 Å². The van der Waals surface area contributed by atoms with Gasteiger partial charge in [-0.15, -0.1) is 0 Å². The smallest absolute Gasteiger partial charge is 0.323 e. The zero-order valence-corrected chi connectivity index (χ0v) is 16.5. The number of imide groups is 1. The molecule has 2 aromatic rings. The third-order valence-corrected chi connectivity index (χ3v) is 5.99. The number of hydrogen-bond acceptors (Lipinski definition) is 3. The maximum Gasteiger partial charge on any atom is 0.325 e. The van der Waals surface area contributed by atoms with Crippen molar-refractivity contribution in [1.82, 2.24) is 15.1 Å². The molecule has 3 amide bonds. The fourth-order valence-electron chi connectivity index (χ4n) is 4.04. The highest BCUT2D eigenvalue weighted by atomic mass is 35.5. The van der Waals surface area contributed by atoms with Gasteiger partial charge in [-0.1, -0.05) is 54.1 Å². The zero-order chi connectivity index (χ0) is 19.6. The van der Waals surface area contributed by atoms with E-state index in [1.807, 2.05) is 54.6 Å². The summed E-state index contributed by atoms with van der Waals surface area (Å²) in [4.78, 5) is 29.2. The Morgan fingerprint density at radius 2 is 1.61 bits per heavy atom. The molecule has 146 valence electrons. The minimum absolute atomic E-state index is 0.0698. The number of urea groups is 1. The summed E-state index contributed by atoms with van der Waals surface area (Å²) in [5, 5.41) is 3.72. The molecule has 0 atom stereocenters. The standard InChI is InChI=1S/C22H24ClN3O2/c23-19-8-6-18(7-9-19)16-25-14-11-22(12-15-25)20(27)26(21(28)24-22)13-10-17-4-2-1-3-5-17/h1-9H,10-16H2,(H,24,28). The summed E-state index contributed by atoms with van der Waals surface area (Å²) < 4.78 is 0. The second-order valence-electron chi connectivity index (χ2n) is 7.61. The van der Waals surface area contributed by atoms with Crippen molar-refractivity contribution in [2.75, 3.05) is 19.6 Å². The van der Waals surface area contributed by atoms with Crippen molar-refractivity contribution in [3.05, 3.63) is 70.7 Å². The lowest BCUT2D eigenvalue weighted by atomic mass is 9.87. The molecule has 0 saturated carbocycles. The van der Waals surface area contributed by atoms with E-state index in [0.717, 1.165) is 30.2 Å². The summed E-state index contributed by atoms with van der Waals surface area (Å²) in [6.45, 7) is 2.81. The van der Waals surface area contributed by atoms with Gasteiger partial charge in [0.15, 0.2) is 0 Å². The van der Waals surface area contributed by atoms with Crippen LogP contribution in [0.15, 0.2) is 54.6 Å². The molecule has 2 aromatic carbocycles. The van der Waals surface area contributed by atoms with Crippen LogP contribution in [0.2, 0.25) is 5.02 Å². The minimum Gasteiger partial charge on any atom is -0.323 e. The molecule has 2 fully saturated rings. The van der Waals surface area contributed by atoms with E-state index >= 15 is 0 Å². The molecule has 0 aliphatic carbocycles. The highest BCUT2D eigenvalue weighted by Gasteiger charge is 2.51. The molecule has 1 N–H and O–H groups in total. The predicted molar refractivity (Wildman–Crippen MR) is 109 cm³/mol. The Hall–Kier alpha value is -2.37. The van der Waals surface area contributed by atoms with Gasteiger partial charge in [0.1, 0.15) is 5.54 Å². The van der Waals surface area contributed by atoms with Gasteiger partial charge < -0.3 is 5.32 Å². The molecule has 6 heteroatoms. The Kier molecular flexibility index (Phi) is 5.38. The molecule has 2 aliphatic rings. The molecule has 2 saturated heterocycles. The number of amides is 3. The van der Waals surface area contributed by atoms with Gasteiger partial charge in [0.05, 0.1) is 0 Å². The van der Waals surface area contributed by atoms with Crippen LogP contribution in [0.1, 0.15) is 24.0 Å². The highest BCUT2D eigenvalue weighted by Crippen LogP contribution is 2.30. The molecule has 2 aliphatic heterocycles. The summed E-state index contributed by atoms with van der Waals surface area (Å²) in [5.41, 5.74) is 1.60. The molecule has 0 radical (unpaired) electrons. The van der Waals surface area contributed by atoms with Gasteiger partial charge in [-0.25, -0.2) is 4.79 Å². The van der Waals surface area contributed by atoms with E-state index < -0.39 is 5.54 Å². The summed E-state index contributed by atoms with van der Waals surface area (Å²) >= 11 is 5.95. The van der Waals surface area contributed by atoms with Gasteiger partial charge in [0.25, 0.3) is 5.91 Å². The van der Waals surface area contributed by atoms with Crippen LogP contribution in [0.4, 0.5) is 4.79 Å². The van der Waals surface area contributed by atoms with Gasteiger partial charge in [-0.2, -0.15) is 0 Å². The Labute approximate surface area is 170 Å². The number of hydrogen-bond donors (Lipinski definition) is 1. The van der Waals surface area contributed by atoms with Crippen LogP contribution in [0.5, 0.6) is 0 Å². The summed E-state index contributed by atoms with van der Waals surface area (Å²) in [5.74, 6) is -0.0698. The Morgan fingerprint density at radius 1 is 0.929 bits per heavy atom. The second-order valence-corrected chi connectivity index (χ2v) is 8.04. The zero-order valence-electron chi connectivity index (χ0n) is 15.7. The molecule has 0 aromatic heterocycles. The van der Waals surface area contributed by atoms with E-state index in [9.17, 15) is 9.59 Å². The van der Waals surface area contributed by atoms with E-state index in [1.54, 1.807) is 0 Å². The molecule has 28 heavy (non-hydrogen) atoms. The van der Waals surface area contributed by atoms with Crippen molar-refractivity contribution in [3.8, 4) is 0 Å². The number of rotatable bonds is 5. The molecule has 0 bridgehead atoms. The van der Waals surface area contributed by atoms with Crippen molar-refractivity contribution in [1.29, 1.82) is 0 Å². The number of carbonyl (C=O) groups excluding carboxylic acids is 2. The van der Waals surface area contributed by atoms with Crippen molar-refractivity contribution in [2.24, 2.45) is 0 Å². The Morgan fingerprint density at radius 3 is 2.29 bits per heavy atom. The van der Waals surface area contributed by atoms with Crippen LogP contribution in [0.3, 0.4) is 0 Å². The summed E-state index contributed by atoms with van der Waals surface area (Å²) in [6.07, 6.45) is 1.97. The molecule has 5 nitrogen and oxygen atoms in total. The number of carbonyl (C=O) groups is 2. The largest absolute Gasteiger partial charge is 0.325 e. The summed E-state index contributed by atoms with van der Waals surface area (Å²) in [6, 6.07) is 17.5. The van der Waals surface area contributed by atoms with Crippen LogP contribution in [-0.2, 0) is 17.8 Å². The maximum absolute atomic E-state index is 13.0. The lowest BCUT2D eigenvalue weighted by Gasteiger charge is -2.37. The van der Waals surface area contributed by atoms with E-state index in [1.165, 1.54) is 10.5 Å². The predicted octanol–water partition coefficient (Wildman–Crippen LogP) is 3.47. The lowest BCUT2D eigenvalue weighted by Crippen LogP contribution is -2.54. The van der Waals surface area contributed by atoms with Gasteiger partial charge in [-0.3, -0.25) is 14.6 Å². The SMILES string of the molecule is O=C1NC2(CCN(Cc3ccc(Cl)cc3)CC2)C(=O)N1CCc1ccccc1.